The highest BCUT2D eigenvalue weighted by Crippen LogP contribution is 2.32. The second kappa shape index (κ2) is 8.16. The van der Waals surface area contributed by atoms with Gasteiger partial charge < -0.3 is 9.64 Å². The van der Waals surface area contributed by atoms with E-state index in [0.29, 0.717) is 12.2 Å². The Balaban J connectivity index is 1.60. The second-order valence-electron chi connectivity index (χ2n) is 7.20. The fourth-order valence-electron chi connectivity index (χ4n) is 3.93. The van der Waals surface area contributed by atoms with Crippen LogP contribution in [0.4, 0.5) is 5.69 Å². The number of anilines is 1. The van der Waals surface area contributed by atoms with Crippen molar-refractivity contribution in [2.45, 2.75) is 19.9 Å². The molecule has 4 rings (SSSR count). The molecule has 4 heterocycles. The van der Waals surface area contributed by atoms with Crippen LogP contribution in [-0.2, 0) is 11.8 Å². The zero-order valence-corrected chi connectivity index (χ0v) is 17.1. The fourth-order valence-corrected chi connectivity index (χ4v) is 3.93. The summed E-state index contributed by atoms with van der Waals surface area (Å²) in [6, 6.07) is 6.28. The Hall–Kier alpha value is -3.00. The predicted octanol–water partition coefficient (Wildman–Crippen LogP) is 2.42. The zero-order valence-electron chi connectivity index (χ0n) is 17.1. The number of piperazine rings is 1. The fraction of sp³-hybridized carbons (Fsp3) is 0.429. The predicted molar refractivity (Wildman–Crippen MR) is 111 cm³/mol. The van der Waals surface area contributed by atoms with Crippen LogP contribution in [0.15, 0.2) is 36.8 Å². The number of aryl methyl sites for hydroxylation is 1. The molecule has 1 atom stereocenters. The average molecular weight is 394 g/mol. The first-order valence-corrected chi connectivity index (χ1v) is 9.98. The van der Waals surface area contributed by atoms with Gasteiger partial charge in [0.25, 0.3) is 0 Å². The van der Waals surface area contributed by atoms with Crippen LogP contribution in [-0.4, -0.2) is 63.4 Å². The monoisotopic (exact) mass is 394 g/mol. The highest BCUT2D eigenvalue weighted by atomic mass is 16.5. The van der Waals surface area contributed by atoms with Gasteiger partial charge in [-0.1, -0.05) is 6.07 Å². The Morgan fingerprint density at radius 1 is 1.17 bits per heavy atom. The Bertz CT molecular complexity index is 995. The molecule has 8 nitrogen and oxygen atoms in total. The Morgan fingerprint density at radius 2 is 1.97 bits per heavy atom. The van der Waals surface area contributed by atoms with Crippen LogP contribution in [0.3, 0.4) is 0 Å². The first-order valence-electron chi connectivity index (χ1n) is 9.98. The molecule has 1 unspecified atom stereocenters. The van der Waals surface area contributed by atoms with E-state index < -0.39 is 0 Å². The largest absolute Gasteiger partial charge is 0.462 e. The number of pyridine rings is 2. The molecular weight excluding hydrogens is 368 g/mol. The second-order valence-corrected chi connectivity index (χ2v) is 7.20. The minimum Gasteiger partial charge on any atom is -0.462 e. The summed E-state index contributed by atoms with van der Waals surface area (Å²) in [6.07, 6.45) is 5.23. The van der Waals surface area contributed by atoms with Crippen molar-refractivity contribution in [1.29, 1.82) is 0 Å². The lowest BCUT2D eigenvalue weighted by Gasteiger charge is -2.39. The lowest BCUT2D eigenvalue weighted by atomic mass is 10.1. The van der Waals surface area contributed by atoms with Gasteiger partial charge >= 0.3 is 5.97 Å². The van der Waals surface area contributed by atoms with E-state index in [-0.39, 0.29) is 12.0 Å². The van der Waals surface area contributed by atoms with Crippen molar-refractivity contribution in [2.75, 3.05) is 37.7 Å². The standard InChI is InChI=1S/C21H26N6O2/c1-4-29-21(28)17-13-23-20-16(14-24-25(20)3)19(17)27-11-9-26(10-12-27)15(2)18-7-5-6-8-22-18/h5-8,13-15H,4,9-12H2,1-3H3. The number of esters is 1. The number of hydrogen-bond donors (Lipinski definition) is 0. The average Bonchev–Trinajstić information content (AvgIpc) is 3.14. The minimum atomic E-state index is -0.343. The van der Waals surface area contributed by atoms with Crippen LogP contribution >= 0.6 is 0 Å². The van der Waals surface area contributed by atoms with E-state index in [2.05, 4.69) is 37.9 Å². The molecular formula is C21H26N6O2. The van der Waals surface area contributed by atoms with Gasteiger partial charge in [-0.05, 0) is 26.0 Å². The van der Waals surface area contributed by atoms with Crippen LogP contribution in [0.1, 0.15) is 35.9 Å². The Kier molecular flexibility index (Phi) is 5.44. The van der Waals surface area contributed by atoms with Crippen LogP contribution in [0, 0.1) is 0 Å². The maximum Gasteiger partial charge on any atom is 0.341 e. The van der Waals surface area contributed by atoms with Crippen LogP contribution < -0.4 is 4.90 Å². The molecule has 8 heteroatoms. The first kappa shape index (κ1) is 19.3. The topological polar surface area (TPSA) is 76.4 Å². The number of nitrogens with zero attached hydrogens (tertiary/aromatic N) is 6. The van der Waals surface area contributed by atoms with Crippen molar-refractivity contribution in [1.82, 2.24) is 24.6 Å². The first-order chi connectivity index (χ1) is 14.1. The van der Waals surface area contributed by atoms with Crippen molar-refractivity contribution in [3.63, 3.8) is 0 Å². The molecule has 0 N–H and O–H groups in total. The molecule has 0 aromatic carbocycles. The van der Waals surface area contributed by atoms with Gasteiger partial charge in [0, 0.05) is 51.7 Å². The van der Waals surface area contributed by atoms with Gasteiger partial charge in [0.05, 0.1) is 29.6 Å². The lowest BCUT2D eigenvalue weighted by Crippen LogP contribution is -2.47. The summed E-state index contributed by atoms with van der Waals surface area (Å²) in [5.74, 6) is -0.343. The summed E-state index contributed by atoms with van der Waals surface area (Å²) in [4.78, 5) is 26.2. The number of aromatic nitrogens is 4. The van der Waals surface area contributed by atoms with Gasteiger partial charge in [-0.25, -0.2) is 9.78 Å². The summed E-state index contributed by atoms with van der Waals surface area (Å²) < 4.78 is 7.01. The highest BCUT2D eigenvalue weighted by molar-refractivity contribution is 6.04. The molecule has 29 heavy (non-hydrogen) atoms. The van der Waals surface area contributed by atoms with Crippen molar-refractivity contribution < 1.29 is 9.53 Å². The normalized spacial score (nSPS) is 16.2. The number of hydrogen-bond acceptors (Lipinski definition) is 7. The van der Waals surface area contributed by atoms with E-state index in [0.717, 1.165) is 48.6 Å². The third kappa shape index (κ3) is 3.67. The number of carbonyl (C=O) groups is 1. The molecule has 1 aliphatic rings. The van der Waals surface area contributed by atoms with E-state index in [1.54, 1.807) is 17.1 Å². The van der Waals surface area contributed by atoms with Gasteiger partial charge in [-0.3, -0.25) is 14.6 Å². The molecule has 0 amide bonds. The molecule has 1 saturated heterocycles. The summed E-state index contributed by atoms with van der Waals surface area (Å²) in [5.41, 5.74) is 3.20. The number of fused-ring (bicyclic) bond motifs is 1. The van der Waals surface area contributed by atoms with E-state index in [4.69, 9.17) is 4.74 Å². The van der Waals surface area contributed by atoms with Crippen molar-refractivity contribution >= 4 is 22.7 Å². The summed E-state index contributed by atoms with van der Waals surface area (Å²) in [7, 11) is 1.86. The third-order valence-electron chi connectivity index (χ3n) is 5.52. The minimum absolute atomic E-state index is 0.249. The smallest absolute Gasteiger partial charge is 0.341 e. The molecule has 0 saturated carbocycles. The van der Waals surface area contributed by atoms with E-state index >= 15 is 0 Å². The molecule has 0 bridgehead atoms. The summed E-state index contributed by atoms with van der Waals surface area (Å²) in [5, 5.41) is 5.22. The highest BCUT2D eigenvalue weighted by Gasteiger charge is 2.28. The molecule has 3 aromatic rings. The van der Waals surface area contributed by atoms with Crippen molar-refractivity contribution in [2.24, 2.45) is 7.05 Å². The molecule has 0 aliphatic carbocycles. The summed E-state index contributed by atoms with van der Waals surface area (Å²) >= 11 is 0. The van der Waals surface area contributed by atoms with E-state index in [1.807, 2.05) is 32.3 Å². The Morgan fingerprint density at radius 3 is 2.66 bits per heavy atom. The lowest BCUT2D eigenvalue weighted by molar-refractivity contribution is 0.0526. The molecule has 0 radical (unpaired) electrons. The maximum absolute atomic E-state index is 12.6. The molecule has 3 aromatic heterocycles. The van der Waals surface area contributed by atoms with E-state index in [1.165, 1.54) is 0 Å². The van der Waals surface area contributed by atoms with Gasteiger partial charge in [0.15, 0.2) is 5.65 Å². The van der Waals surface area contributed by atoms with Crippen LogP contribution in [0.5, 0.6) is 0 Å². The van der Waals surface area contributed by atoms with Crippen LogP contribution in [0.25, 0.3) is 11.0 Å². The number of rotatable bonds is 5. The quantitative estimate of drug-likeness (QED) is 0.615. The zero-order chi connectivity index (χ0) is 20.4. The van der Waals surface area contributed by atoms with Gasteiger partial charge in [-0.2, -0.15) is 5.10 Å². The Labute approximate surface area is 170 Å². The van der Waals surface area contributed by atoms with Crippen molar-refractivity contribution in [3.05, 3.63) is 48.0 Å². The van der Waals surface area contributed by atoms with Crippen LogP contribution in [0.2, 0.25) is 0 Å². The van der Waals surface area contributed by atoms with Gasteiger partial charge in [0.2, 0.25) is 0 Å². The van der Waals surface area contributed by atoms with E-state index in [9.17, 15) is 4.79 Å². The summed E-state index contributed by atoms with van der Waals surface area (Å²) in [6.45, 7) is 7.70. The van der Waals surface area contributed by atoms with Crippen molar-refractivity contribution in [3.8, 4) is 0 Å². The number of carbonyl (C=O) groups excluding carboxylic acids is 1. The molecule has 152 valence electrons. The third-order valence-corrected chi connectivity index (χ3v) is 5.52. The molecule has 1 aliphatic heterocycles. The van der Waals surface area contributed by atoms with Gasteiger partial charge in [0.1, 0.15) is 5.56 Å². The van der Waals surface area contributed by atoms with Gasteiger partial charge in [-0.15, -0.1) is 0 Å². The molecule has 1 fully saturated rings. The maximum atomic E-state index is 12.6. The SMILES string of the molecule is CCOC(=O)c1cnc2c(cnn2C)c1N1CCN(C(C)c2ccccn2)CC1. The number of ether oxygens (including phenoxy) is 1. The molecule has 0 spiro atoms.